The van der Waals surface area contributed by atoms with Gasteiger partial charge < -0.3 is 10.2 Å². The number of hydrogen-bond acceptors (Lipinski definition) is 5. The molecule has 1 fully saturated rings. The molecule has 108 valence electrons. The van der Waals surface area contributed by atoms with Gasteiger partial charge in [-0.25, -0.2) is 4.98 Å². The van der Waals surface area contributed by atoms with Gasteiger partial charge in [-0.15, -0.1) is 11.3 Å². The van der Waals surface area contributed by atoms with Gasteiger partial charge in [0.25, 0.3) is 0 Å². The largest absolute Gasteiger partial charge is 0.346 e. The summed E-state index contributed by atoms with van der Waals surface area (Å²) in [5, 5.41) is 6.78. The Labute approximate surface area is 120 Å². The minimum atomic E-state index is 0.240. The molecule has 0 saturated carbocycles. The Kier molecular flexibility index (Phi) is 5.19. The molecule has 0 spiro atoms. The zero-order chi connectivity index (χ0) is 13.7. The van der Waals surface area contributed by atoms with E-state index in [4.69, 9.17) is 0 Å². The molecule has 19 heavy (non-hydrogen) atoms. The van der Waals surface area contributed by atoms with Crippen LogP contribution in [0.4, 0.5) is 5.13 Å². The van der Waals surface area contributed by atoms with Crippen LogP contribution in [0.1, 0.15) is 27.2 Å². The van der Waals surface area contributed by atoms with Crippen molar-refractivity contribution in [2.45, 2.75) is 32.7 Å². The topological polar surface area (TPSA) is 31.4 Å². The molecule has 1 saturated heterocycles. The van der Waals surface area contributed by atoms with Crippen molar-refractivity contribution in [2.24, 2.45) is 0 Å². The van der Waals surface area contributed by atoms with Crippen molar-refractivity contribution in [1.82, 2.24) is 15.2 Å². The Balaban J connectivity index is 1.61. The van der Waals surface area contributed by atoms with Crippen molar-refractivity contribution in [1.29, 1.82) is 0 Å². The Morgan fingerprint density at radius 3 is 2.58 bits per heavy atom. The highest BCUT2D eigenvalue weighted by atomic mass is 32.1. The summed E-state index contributed by atoms with van der Waals surface area (Å²) in [6.07, 6.45) is 3.12. The van der Waals surface area contributed by atoms with E-state index in [2.05, 4.69) is 46.3 Å². The highest BCUT2D eigenvalue weighted by Gasteiger charge is 2.18. The van der Waals surface area contributed by atoms with Crippen LogP contribution in [0.15, 0.2) is 11.6 Å². The molecule has 1 aliphatic rings. The average molecular weight is 282 g/mol. The number of piperazine rings is 1. The van der Waals surface area contributed by atoms with E-state index in [1.807, 2.05) is 6.20 Å². The Bertz CT molecular complexity index is 350. The van der Waals surface area contributed by atoms with Crippen LogP contribution in [0.25, 0.3) is 0 Å². The third-order valence-corrected chi connectivity index (χ3v) is 4.20. The maximum absolute atomic E-state index is 4.38. The Morgan fingerprint density at radius 2 is 2.00 bits per heavy atom. The highest BCUT2D eigenvalue weighted by molar-refractivity contribution is 7.13. The third-order valence-electron chi connectivity index (χ3n) is 3.37. The van der Waals surface area contributed by atoms with E-state index in [0.717, 1.165) is 32.7 Å². The van der Waals surface area contributed by atoms with Gasteiger partial charge >= 0.3 is 0 Å². The standard InChI is InChI=1S/C14H26N4S/c1-14(2,3)16-5-4-7-17-8-10-18(11-9-17)13-15-6-12-19-13/h6,12,16H,4-5,7-11H2,1-3H3. The molecule has 0 radical (unpaired) electrons. The number of aromatic nitrogens is 1. The van der Waals surface area contributed by atoms with E-state index >= 15 is 0 Å². The highest BCUT2D eigenvalue weighted by Crippen LogP contribution is 2.18. The summed E-state index contributed by atoms with van der Waals surface area (Å²) in [5.74, 6) is 0. The van der Waals surface area contributed by atoms with Crippen LogP contribution in [-0.4, -0.2) is 54.7 Å². The first kappa shape index (κ1) is 14.8. The van der Waals surface area contributed by atoms with Crippen LogP contribution in [0.3, 0.4) is 0 Å². The molecule has 2 rings (SSSR count). The SMILES string of the molecule is CC(C)(C)NCCCN1CCN(c2nccs2)CC1. The second-order valence-electron chi connectivity index (χ2n) is 6.17. The minimum absolute atomic E-state index is 0.240. The van der Waals surface area contributed by atoms with Gasteiger partial charge in [0.15, 0.2) is 5.13 Å². The third kappa shape index (κ3) is 5.09. The van der Waals surface area contributed by atoms with Gasteiger partial charge in [-0.05, 0) is 40.3 Å². The van der Waals surface area contributed by atoms with E-state index in [0.29, 0.717) is 0 Å². The molecule has 1 aromatic heterocycles. The van der Waals surface area contributed by atoms with Gasteiger partial charge in [0.2, 0.25) is 0 Å². The van der Waals surface area contributed by atoms with Gasteiger partial charge in [0.1, 0.15) is 0 Å². The van der Waals surface area contributed by atoms with Crippen LogP contribution in [-0.2, 0) is 0 Å². The van der Waals surface area contributed by atoms with Gasteiger partial charge in [-0.2, -0.15) is 0 Å². The normalized spacial score (nSPS) is 17.9. The first-order valence-electron chi connectivity index (χ1n) is 7.16. The molecule has 5 heteroatoms. The molecule has 2 heterocycles. The molecule has 1 aliphatic heterocycles. The maximum atomic E-state index is 4.38. The van der Waals surface area contributed by atoms with Crippen LogP contribution < -0.4 is 10.2 Å². The van der Waals surface area contributed by atoms with Crippen LogP contribution in [0, 0.1) is 0 Å². The molecule has 0 atom stereocenters. The Morgan fingerprint density at radius 1 is 1.26 bits per heavy atom. The maximum Gasteiger partial charge on any atom is 0.185 e. The molecular formula is C14H26N4S. The van der Waals surface area contributed by atoms with Gasteiger partial charge in [0.05, 0.1) is 0 Å². The number of anilines is 1. The van der Waals surface area contributed by atoms with E-state index in [-0.39, 0.29) is 5.54 Å². The predicted octanol–water partition coefficient (Wildman–Crippen LogP) is 2.04. The lowest BCUT2D eigenvalue weighted by atomic mass is 10.1. The van der Waals surface area contributed by atoms with Crippen LogP contribution in [0.5, 0.6) is 0 Å². The van der Waals surface area contributed by atoms with Crippen molar-refractivity contribution < 1.29 is 0 Å². The monoisotopic (exact) mass is 282 g/mol. The van der Waals surface area contributed by atoms with E-state index in [1.54, 1.807) is 11.3 Å². The van der Waals surface area contributed by atoms with Gasteiger partial charge in [-0.3, -0.25) is 4.90 Å². The molecule has 4 nitrogen and oxygen atoms in total. The van der Waals surface area contributed by atoms with Crippen molar-refractivity contribution in [3.63, 3.8) is 0 Å². The summed E-state index contributed by atoms with van der Waals surface area (Å²) in [7, 11) is 0. The van der Waals surface area contributed by atoms with Crippen molar-refractivity contribution in [2.75, 3.05) is 44.2 Å². The Hall–Kier alpha value is -0.650. The van der Waals surface area contributed by atoms with E-state index in [9.17, 15) is 0 Å². The molecule has 0 bridgehead atoms. The zero-order valence-corrected chi connectivity index (χ0v) is 13.2. The van der Waals surface area contributed by atoms with Crippen LogP contribution in [0.2, 0.25) is 0 Å². The summed E-state index contributed by atoms with van der Waals surface area (Å²) >= 11 is 1.74. The molecule has 1 N–H and O–H groups in total. The number of thiazole rings is 1. The van der Waals surface area contributed by atoms with Crippen molar-refractivity contribution >= 4 is 16.5 Å². The van der Waals surface area contributed by atoms with Crippen molar-refractivity contribution in [3.05, 3.63) is 11.6 Å². The van der Waals surface area contributed by atoms with E-state index < -0.39 is 0 Å². The van der Waals surface area contributed by atoms with Gasteiger partial charge in [-0.1, -0.05) is 0 Å². The number of nitrogens with zero attached hydrogens (tertiary/aromatic N) is 3. The zero-order valence-electron chi connectivity index (χ0n) is 12.4. The summed E-state index contributed by atoms with van der Waals surface area (Å²) in [5.41, 5.74) is 0.240. The molecule has 0 aromatic carbocycles. The lowest BCUT2D eigenvalue weighted by Crippen LogP contribution is -2.47. The fourth-order valence-corrected chi connectivity index (χ4v) is 3.00. The number of hydrogen-bond donors (Lipinski definition) is 1. The summed E-state index contributed by atoms with van der Waals surface area (Å²) < 4.78 is 0. The van der Waals surface area contributed by atoms with Crippen molar-refractivity contribution in [3.8, 4) is 0 Å². The average Bonchev–Trinajstić information content (AvgIpc) is 2.88. The lowest BCUT2D eigenvalue weighted by molar-refractivity contribution is 0.250. The van der Waals surface area contributed by atoms with Crippen LogP contribution >= 0.6 is 11.3 Å². The quantitative estimate of drug-likeness (QED) is 0.838. The van der Waals surface area contributed by atoms with E-state index in [1.165, 1.54) is 18.1 Å². The summed E-state index contributed by atoms with van der Waals surface area (Å²) in [6, 6.07) is 0. The predicted molar refractivity (Wildman–Crippen MR) is 83.1 cm³/mol. The smallest absolute Gasteiger partial charge is 0.185 e. The molecule has 0 aliphatic carbocycles. The minimum Gasteiger partial charge on any atom is -0.346 e. The fourth-order valence-electron chi connectivity index (χ4n) is 2.30. The molecule has 0 amide bonds. The molecule has 0 unspecified atom stereocenters. The number of rotatable bonds is 5. The molecular weight excluding hydrogens is 256 g/mol. The lowest BCUT2D eigenvalue weighted by Gasteiger charge is -2.34. The van der Waals surface area contributed by atoms with Gasteiger partial charge in [0, 0.05) is 43.3 Å². The summed E-state index contributed by atoms with van der Waals surface area (Å²) in [6.45, 7) is 13.5. The first-order chi connectivity index (χ1) is 9.04. The summed E-state index contributed by atoms with van der Waals surface area (Å²) in [4.78, 5) is 9.34. The second-order valence-corrected chi connectivity index (χ2v) is 7.05. The first-order valence-corrected chi connectivity index (χ1v) is 8.04. The second kappa shape index (κ2) is 6.68. The fraction of sp³-hybridized carbons (Fsp3) is 0.786. The molecule has 1 aromatic rings. The number of nitrogens with one attached hydrogen (secondary N) is 1.